The van der Waals surface area contributed by atoms with Gasteiger partial charge in [0.15, 0.2) is 0 Å². The molecule has 0 saturated heterocycles. The van der Waals surface area contributed by atoms with E-state index in [0.717, 1.165) is 42.6 Å². The normalized spacial score (nSPS) is 15.0. The van der Waals surface area contributed by atoms with Crippen molar-refractivity contribution >= 4 is 28.1 Å². The summed E-state index contributed by atoms with van der Waals surface area (Å²) in [6, 6.07) is 15.4. The number of nitrogens with one attached hydrogen (secondary N) is 2. The SMILES string of the molecule is CC(C)CN1CC=C(c2c[nH]c3ccc(NC(=O)c4ccccc4)cc23)CC1. The number of aromatic nitrogens is 1. The van der Waals surface area contributed by atoms with Crippen molar-refractivity contribution in [3.63, 3.8) is 0 Å². The molecule has 0 aliphatic carbocycles. The first-order chi connectivity index (χ1) is 13.6. The maximum absolute atomic E-state index is 12.5. The Kier molecular flexibility index (Phi) is 5.31. The number of hydrogen-bond donors (Lipinski definition) is 2. The molecule has 0 bridgehead atoms. The van der Waals surface area contributed by atoms with Crippen LogP contribution in [-0.4, -0.2) is 35.4 Å². The lowest BCUT2D eigenvalue weighted by molar-refractivity contribution is 0.102. The van der Waals surface area contributed by atoms with Gasteiger partial charge in [-0.15, -0.1) is 0 Å². The van der Waals surface area contributed by atoms with Crippen LogP contribution in [0.1, 0.15) is 36.2 Å². The third kappa shape index (κ3) is 4.02. The smallest absolute Gasteiger partial charge is 0.255 e. The Labute approximate surface area is 166 Å². The zero-order valence-corrected chi connectivity index (χ0v) is 16.5. The highest BCUT2D eigenvalue weighted by Crippen LogP contribution is 2.31. The lowest BCUT2D eigenvalue weighted by Crippen LogP contribution is -2.31. The third-order valence-electron chi connectivity index (χ3n) is 5.24. The van der Waals surface area contributed by atoms with E-state index < -0.39 is 0 Å². The van der Waals surface area contributed by atoms with E-state index in [2.05, 4.69) is 47.4 Å². The van der Waals surface area contributed by atoms with Gasteiger partial charge in [-0.2, -0.15) is 0 Å². The number of rotatable bonds is 5. The monoisotopic (exact) mass is 373 g/mol. The van der Waals surface area contributed by atoms with Crippen LogP contribution < -0.4 is 5.32 Å². The van der Waals surface area contributed by atoms with E-state index in [4.69, 9.17) is 0 Å². The molecule has 1 aromatic heterocycles. The van der Waals surface area contributed by atoms with Gasteiger partial charge in [0.05, 0.1) is 0 Å². The molecule has 4 rings (SSSR count). The Hall–Kier alpha value is -2.85. The molecule has 1 aliphatic rings. The van der Waals surface area contributed by atoms with Gasteiger partial charge in [-0.1, -0.05) is 38.1 Å². The first-order valence-corrected chi connectivity index (χ1v) is 9.99. The molecule has 4 heteroatoms. The lowest BCUT2D eigenvalue weighted by Gasteiger charge is -2.27. The average Bonchev–Trinajstić information content (AvgIpc) is 3.12. The van der Waals surface area contributed by atoms with Gasteiger partial charge in [0.1, 0.15) is 0 Å². The number of fused-ring (bicyclic) bond motifs is 1. The number of benzene rings is 2. The van der Waals surface area contributed by atoms with E-state index >= 15 is 0 Å². The highest BCUT2D eigenvalue weighted by molar-refractivity contribution is 6.05. The summed E-state index contributed by atoms with van der Waals surface area (Å²) in [5.74, 6) is 0.608. The summed E-state index contributed by atoms with van der Waals surface area (Å²) < 4.78 is 0. The molecule has 2 aromatic carbocycles. The Morgan fingerprint density at radius 2 is 2.00 bits per heavy atom. The molecule has 28 heavy (non-hydrogen) atoms. The highest BCUT2D eigenvalue weighted by Gasteiger charge is 2.16. The molecule has 4 nitrogen and oxygen atoms in total. The van der Waals surface area contributed by atoms with Gasteiger partial charge in [-0.3, -0.25) is 9.69 Å². The van der Waals surface area contributed by atoms with Crippen LogP contribution in [0.3, 0.4) is 0 Å². The molecule has 0 radical (unpaired) electrons. The molecular weight excluding hydrogens is 346 g/mol. The third-order valence-corrected chi connectivity index (χ3v) is 5.24. The van der Waals surface area contributed by atoms with Crippen LogP contribution in [0.25, 0.3) is 16.5 Å². The van der Waals surface area contributed by atoms with Crippen LogP contribution in [0, 0.1) is 5.92 Å². The molecule has 0 atom stereocenters. The predicted molar refractivity (Wildman–Crippen MR) is 117 cm³/mol. The Balaban J connectivity index is 1.55. The number of amides is 1. The topological polar surface area (TPSA) is 48.1 Å². The average molecular weight is 374 g/mol. The summed E-state index contributed by atoms with van der Waals surface area (Å²) in [7, 11) is 0. The highest BCUT2D eigenvalue weighted by atomic mass is 16.1. The van der Waals surface area contributed by atoms with Gasteiger partial charge in [0.2, 0.25) is 0 Å². The summed E-state index contributed by atoms with van der Waals surface area (Å²) in [4.78, 5) is 18.3. The molecule has 1 aliphatic heterocycles. The molecular formula is C24H27N3O. The van der Waals surface area contributed by atoms with E-state index in [9.17, 15) is 4.79 Å². The second-order valence-electron chi connectivity index (χ2n) is 7.92. The molecule has 0 unspecified atom stereocenters. The van der Waals surface area contributed by atoms with E-state index in [1.54, 1.807) is 0 Å². The van der Waals surface area contributed by atoms with Gasteiger partial charge in [-0.25, -0.2) is 0 Å². The van der Waals surface area contributed by atoms with Crippen molar-refractivity contribution < 1.29 is 4.79 Å². The predicted octanol–water partition coefficient (Wildman–Crippen LogP) is 5.17. The van der Waals surface area contributed by atoms with Crippen molar-refractivity contribution in [2.45, 2.75) is 20.3 Å². The Morgan fingerprint density at radius 1 is 1.18 bits per heavy atom. The summed E-state index contributed by atoms with van der Waals surface area (Å²) in [5.41, 5.74) is 5.21. The molecule has 1 amide bonds. The fourth-order valence-corrected chi connectivity index (χ4v) is 3.89. The van der Waals surface area contributed by atoms with Gasteiger partial charge in [-0.05, 0) is 48.2 Å². The molecule has 144 valence electrons. The van der Waals surface area contributed by atoms with Crippen LogP contribution in [-0.2, 0) is 0 Å². The van der Waals surface area contributed by atoms with Crippen molar-refractivity contribution in [2.24, 2.45) is 5.92 Å². The lowest BCUT2D eigenvalue weighted by atomic mass is 9.98. The molecule has 0 saturated carbocycles. The van der Waals surface area contributed by atoms with E-state index in [1.807, 2.05) is 42.5 Å². The fourth-order valence-electron chi connectivity index (χ4n) is 3.89. The van der Waals surface area contributed by atoms with Crippen molar-refractivity contribution in [1.82, 2.24) is 9.88 Å². The minimum atomic E-state index is -0.0850. The van der Waals surface area contributed by atoms with Crippen LogP contribution in [0.2, 0.25) is 0 Å². The first-order valence-electron chi connectivity index (χ1n) is 9.99. The number of aromatic amines is 1. The minimum Gasteiger partial charge on any atom is -0.361 e. The van der Waals surface area contributed by atoms with E-state index in [1.165, 1.54) is 11.1 Å². The Morgan fingerprint density at radius 3 is 2.71 bits per heavy atom. The Bertz CT molecular complexity index is 1000. The number of hydrogen-bond acceptors (Lipinski definition) is 2. The number of H-pyrrole nitrogens is 1. The van der Waals surface area contributed by atoms with Crippen LogP contribution in [0.4, 0.5) is 5.69 Å². The molecule has 2 heterocycles. The zero-order valence-electron chi connectivity index (χ0n) is 16.5. The zero-order chi connectivity index (χ0) is 19.5. The van der Waals surface area contributed by atoms with E-state index in [-0.39, 0.29) is 5.91 Å². The summed E-state index contributed by atoms with van der Waals surface area (Å²) in [5, 5.41) is 4.18. The number of carbonyl (C=O) groups excluding carboxylic acids is 1. The van der Waals surface area contributed by atoms with Crippen molar-refractivity contribution in [3.05, 3.63) is 71.9 Å². The number of anilines is 1. The van der Waals surface area contributed by atoms with Crippen molar-refractivity contribution in [1.29, 1.82) is 0 Å². The summed E-state index contributed by atoms with van der Waals surface area (Å²) >= 11 is 0. The number of carbonyl (C=O) groups is 1. The minimum absolute atomic E-state index is 0.0850. The van der Waals surface area contributed by atoms with Crippen LogP contribution in [0.15, 0.2) is 60.8 Å². The first kappa shape index (κ1) is 18.5. The second-order valence-corrected chi connectivity index (χ2v) is 7.92. The quantitative estimate of drug-likeness (QED) is 0.648. The molecule has 3 aromatic rings. The van der Waals surface area contributed by atoms with Gasteiger partial charge in [0, 0.05) is 53.5 Å². The maximum atomic E-state index is 12.5. The van der Waals surface area contributed by atoms with Crippen LogP contribution in [0.5, 0.6) is 0 Å². The van der Waals surface area contributed by atoms with E-state index in [0.29, 0.717) is 11.5 Å². The van der Waals surface area contributed by atoms with Gasteiger partial charge >= 0.3 is 0 Å². The van der Waals surface area contributed by atoms with Gasteiger partial charge in [0.25, 0.3) is 5.91 Å². The largest absolute Gasteiger partial charge is 0.361 e. The molecule has 2 N–H and O–H groups in total. The van der Waals surface area contributed by atoms with Crippen molar-refractivity contribution in [3.8, 4) is 0 Å². The van der Waals surface area contributed by atoms with Gasteiger partial charge < -0.3 is 10.3 Å². The number of nitrogens with zero attached hydrogens (tertiary/aromatic N) is 1. The van der Waals surface area contributed by atoms with Crippen molar-refractivity contribution in [2.75, 3.05) is 25.0 Å². The summed E-state index contributed by atoms with van der Waals surface area (Å²) in [6.45, 7) is 7.79. The maximum Gasteiger partial charge on any atom is 0.255 e. The molecule has 0 fully saturated rings. The molecule has 0 spiro atoms. The second kappa shape index (κ2) is 8.03. The fraction of sp³-hybridized carbons (Fsp3) is 0.292. The standard InChI is InChI=1S/C24H27N3O/c1-17(2)16-27-12-10-18(11-13-27)22-15-25-23-9-8-20(14-21(22)23)26-24(28)19-6-4-3-5-7-19/h3-10,14-15,17,25H,11-13,16H2,1-2H3,(H,26,28). The van der Waals surface area contributed by atoms with Crippen LogP contribution >= 0.6 is 0 Å². The summed E-state index contributed by atoms with van der Waals surface area (Å²) in [6.07, 6.45) is 5.50.